The molecule has 0 aromatic rings. The molecule has 6 nitrogen and oxygen atoms in total. The number of rotatable bonds is 6. The Balaban J connectivity index is 1.78. The molecule has 2 rings (SSSR count). The molecule has 1 aliphatic carbocycles. The number of carboxylic acids is 1. The van der Waals surface area contributed by atoms with Gasteiger partial charge >= 0.3 is 12.0 Å². The van der Waals surface area contributed by atoms with E-state index in [0.29, 0.717) is 24.9 Å². The SMILES string of the molecule is CC1OCCC1CNC(=O)N(CC(=O)O)CC1CC1. The second-order valence-electron chi connectivity index (χ2n) is 5.53. The molecule has 2 atom stereocenters. The molecule has 2 N–H and O–H groups in total. The van der Waals surface area contributed by atoms with Crippen LogP contribution in [0.2, 0.25) is 0 Å². The summed E-state index contributed by atoms with van der Waals surface area (Å²) in [4.78, 5) is 24.2. The number of ether oxygens (including phenoxy) is 1. The predicted molar refractivity (Wildman–Crippen MR) is 68.9 cm³/mol. The highest BCUT2D eigenvalue weighted by Gasteiger charge is 2.29. The molecule has 6 heteroatoms. The Hall–Kier alpha value is -1.30. The standard InChI is InChI=1S/C13H22N2O4/c1-9-11(4-5-19-9)6-14-13(18)15(8-12(16)17)7-10-2-3-10/h9-11H,2-8H2,1H3,(H,14,18)(H,16,17). The second-order valence-corrected chi connectivity index (χ2v) is 5.53. The van der Waals surface area contributed by atoms with Crippen molar-refractivity contribution in [2.24, 2.45) is 11.8 Å². The molecule has 1 aliphatic heterocycles. The molecular weight excluding hydrogens is 248 g/mol. The molecule has 2 fully saturated rings. The third-order valence-electron chi connectivity index (χ3n) is 3.84. The summed E-state index contributed by atoms with van der Waals surface area (Å²) in [5.74, 6) is -0.149. The maximum atomic E-state index is 12.0. The van der Waals surface area contributed by atoms with Gasteiger partial charge in [0.25, 0.3) is 0 Å². The zero-order valence-corrected chi connectivity index (χ0v) is 11.3. The Morgan fingerprint density at radius 3 is 2.63 bits per heavy atom. The zero-order valence-electron chi connectivity index (χ0n) is 11.3. The lowest BCUT2D eigenvalue weighted by atomic mass is 10.0. The first kappa shape index (κ1) is 14.1. The first-order valence-electron chi connectivity index (χ1n) is 6.92. The van der Waals surface area contributed by atoms with Crippen LogP contribution >= 0.6 is 0 Å². The van der Waals surface area contributed by atoms with Gasteiger partial charge in [-0.25, -0.2) is 4.79 Å². The molecule has 0 spiro atoms. The second kappa shape index (κ2) is 6.23. The molecule has 0 radical (unpaired) electrons. The highest BCUT2D eigenvalue weighted by molar-refractivity contribution is 5.80. The maximum Gasteiger partial charge on any atom is 0.323 e. The van der Waals surface area contributed by atoms with Gasteiger partial charge < -0.3 is 20.1 Å². The minimum atomic E-state index is -0.964. The van der Waals surface area contributed by atoms with Gasteiger partial charge in [-0.15, -0.1) is 0 Å². The average Bonchev–Trinajstić information content (AvgIpc) is 3.07. The summed E-state index contributed by atoms with van der Waals surface area (Å²) in [5.41, 5.74) is 0. The van der Waals surface area contributed by atoms with Gasteiger partial charge in [0.1, 0.15) is 6.54 Å². The van der Waals surface area contributed by atoms with Crippen molar-refractivity contribution in [3.05, 3.63) is 0 Å². The Kier molecular flexibility index (Phi) is 4.63. The van der Waals surface area contributed by atoms with Gasteiger partial charge in [-0.1, -0.05) is 0 Å². The molecule has 2 aliphatic rings. The number of nitrogens with zero attached hydrogens (tertiary/aromatic N) is 1. The molecule has 0 aromatic heterocycles. The average molecular weight is 270 g/mol. The molecule has 0 aromatic carbocycles. The van der Waals surface area contributed by atoms with Crippen molar-refractivity contribution in [1.82, 2.24) is 10.2 Å². The van der Waals surface area contributed by atoms with Crippen LogP contribution in [0.15, 0.2) is 0 Å². The summed E-state index contributed by atoms with van der Waals surface area (Å²) in [7, 11) is 0. The lowest BCUT2D eigenvalue weighted by molar-refractivity contribution is -0.137. The van der Waals surface area contributed by atoms with Crippen molar-refractivity contribution in [3.8, 4) is 0 Å². The van der Waals surface area contributed by atoms with Crippen molar-refractivity contribution in [2.75, 3.05) is 26.2 Å². The number of carboxylic acid groups (broad SMARTS) is 1. The molecular formula is C13H22N2O4. The van der Waals surface area contributed by atoms with Crippen molar-refractivity contribution in [3.63, 3.8) is 0 Å². The Labute approximate surface area is 113 Å². The maximum absolute atomic E-state index is 12.0. The van der Waals surface area contributed by atoms with E-state index in [1.165, 1.54) is 4.90 Å². The normalized spacial score (nSPS) is 26.2. The van der Waals surface area contributed by atoms with Crippen LogP contribution < -0.4 is 5.32 Å². The molecule has 2 amide bonds. The van der Waals surface area contributed by atoms with Crippen LogP contribution in [0.1, 0.15) is 26.2 Å². The molecule has 1 saturated heterocycles. The monoisotopic (exact) mass is 270 g/mol. The topological polar surface area (TPSA) is 78.9 Å². The summed E-state index contributed by atoms with van der Waals surface area (Å²) < 4.78 is 5.44. The van der Waals surface area contributed by atoms with Crippen molar-refractivity contribution in [2.45, 2.75) is 32.3 Å². The van der Waals surface area contributed by atoms with Crippen LogP contribution in [0.25, 0.3) is 0 Å². The van der Waals surface area contributed by atoms with Crippen LogP contribution in [-0.4, -0.2) is 54.4 Å². The quantitative estimate of drug-likeness (QED) is 0.752. The van der Waals surface area contributed by atoms with Crippen LogP contribution in [0, 0.1) is 11.8 Å². The Bertz CT molecular complexity index is 344. The smallest absolute Gasteiger partial charge is 0.323 e. The number of hydrogen-bond donors (Lipinski definition) is 2. The number of amides is 2. The minimum absolute atomic E-state index is 0.164. The third kappa shape index (κ3) is 4.38. The number of aliphatic carboxylic acids is 1. The summed E-state index contributed by atoms with van der Waals surface area (Å²) in [6.07, 6.45) is 3.30. The van der Waals surface area contributed by atoms with Crippen LogP contribution in [0.4, 0.5) is 4.79 Å². The molecule has 0 bridgehead atoms. The highest BCUT2D eigenvalue weighted by atomic mass is 16.5. The number of nitrogens with one attached hydrogen (secondary N) is 1. The van der Waals surface area contributed by atoms with E-state index in [1.54, 1.807) is 0 Å². The fourth-order valence-corrected chi connectivity index (χ4v) is 2.37. The van der Waals surface area contributed by atoms with Gasteiger partial charge in [-0.3, -0.25) is 4.79 Å². The van der Waals surface area contributed by atoms with E-state index >= 15 is 0 Å². The van der Waals surface area contributed by atoms with Gasteiger partial charge in [0.15, 0.2) is 0 Å². The first-order chi connectivity index (χ1) is 9.06. The van der Waals surface area contributed by atoms with E-state index in [2.05, 4.69) is 5.32 Å². The first-order valence-corrected chi connectivity index (χ1v) is 6.92. The fraction of sp³-hybridized carbons (Fsp3) is 0.846. The van der Waals surface area contributed by atoms with E-state index in [9.17, 15) is 9.59 Å². The molecule has 1 saturated carbocycles. The van der Waals surface area contributed by atoms with Crippen molar-refractivity contribution < 1.29 is 19.4 Å². The van der Waals surface area contributed by atoms with Gasteiger partial charge in [-0.05, 0) is 32.1 Å². The third-order valence-corrected chi connectivity index (χ3v) is 3.84. The van der Waals surface area contributed by atoms with Gasteiger partial charge in [-0.2, -0.15) is 0 Å². The molecule has 19 heavy (non-hydrogen) atoms. The minimum Gasteiger partial charge on any atom is -0.480 e. The molecule has 108 valence electrons. The van der Waals surface area contributed by atoms with Gasteiger partial charge in [0, 0.05) is 25.6 Å². The van der Waals surface area contributed by atoms with E-state index < -0.39 is 5.97 Å². The van der Waals surface area contributed by atoms with E-state index in [-0.39, 0.29) is 18.7 Å². The number of urea groups is 1. The molecule has 2 unspecified atom stereocenters. The van der Waals surface area contributed by atoms with Crippen LogP contribution in [0.3, 0.4) is 0 Å². The van der Waals surface area contributed by atoms with Gasteiger partial charge in [0.2, 0.25) is 0 Å². The molecule has 1 heterocycles. The number of carbonyl (C=O) groups is 2. The number of carbonyl (C=O) groups excluding carboxylic acids is 1. The van der Waals surface area contributed by atoms with E-state index in [4.69, 9.17) is 9.84 Å². The van der Waals surface area contributed by atoms with E-state index in [1.807, 2.05) is 6.92 Å². The largest absolute Gasteiger partial charge is 0.480 e. The van der Waals surface area contributed by atoms with Crippen molar-refractivity contribution in [1.29, 1.82) is 0 Å². The highest BCUT2D eigenvalue weighted by Crippen LogP contribution is 2.29. The fourth-order valence-electron chi connectivity index (χ4n) is 2.37. The van der Waals surface area contributed by atoms with Gasteiger partial charge in [0.05, 0.1) is 6.10 Å². The summed E-state index contributed by atoms with van der Waals surface area (Å²) in [6.45, 7) is 3.63. The zero-order chi connectivity index (χ0) is 13.8. The Morgan fingerprint density at radius 2 is 2.11 bits per heavy atom. The number of hydrogen-bond acceptors (Lipinski definition) is 3. The Morgan fingerprint density at radius 1 is 1.37 bits per heavy atom. The summed E-state index contributed by atoms with van der Waals surface area (Å²) in [6, 6.07) is -0.270. The lowest BCUT2D eigenvalue weighted by Crippen LogP contribution is -2.45. The summed E-state index contributed by atoms with van der Waals surface area (Å²) in [5, 5.41) is 11.7. The van der Waals surface area contributed by atoms with Crippen molar-refractivity contribution >= 4 is 12.0 Å². The predicted octanol–water partition coefficient (Wildman–Crippen LogP) is 0.918. The lowest BCUT2D eigenvalue weighted by Gasteiger charge is -2.23. The van der Waals surface area contributed by atoms with Crippen LogP contribution in [-0.2, 0) is 9.53 Å². The van der Waals surface area contributed by atoms with E-state index in [0.717, 1.165) is 25.9 Å². The summed E-state index contributed by atoms with van der Waals surface area (Å²) >= 11 is 0. The van der Waals surface area contributed by atoms with Crippen LogP contribution in [0.5, 0.6) is 0 Å².